The van der Waals surface area contributed by atoms with Gasteiger partial charge in [0.15, 0.2) is 0 Å². The average molecular weight is 284 g/mol. The quantitative estimate of drug-likeness (QED) is 0.777. The van der Waals surface area contributed by atoms with Crippen LogP contribution in [0.25, 0.3) is 0 Å². The first-order valence-corrected chi connectivity index (χ1v) is 7.06. The predicted molar refractivity (Wildman–Crippen MR) is 78.7 cm³/mol. The molecule has 19 heavy (non-hydrogen) atoms. The first kappa shape index (κ1) is 14.6. The summed E-state index contributed by atoms with van der Waals surface area (Å²) in [6, 6.07) is 5.17. The fraction of sp³-hybridized carbons (Fsp3) is 0.571. The highest BCUT2D eigenvalue weighted by molar-refractivity contribution is 6.30. The molecule has 4 nitrogen and oxygen atoms in total. The van der Waals surface area contributed by atoms with Gasteiger partial charge in [-0.1, -0.05) is 11.6 Å². The summed E-state index contributed by atoms with van der Waals surface area (Å²) in [6.07, 6.45) is 0.704. The van der Waals surface area contributed by atoms with E-state index in [1.807, 2.05) is 6.07 Å². The number of aromatic hydroxyl groups is 1. The molecular formula is C14H22ClN3O. The van der Waals surface area contributed by atoms with Gasteiger partial charge >= 0.3 is 0 Å². The molecule has 0 aliphatic carbocycles. The van der Waals surface area contributed by atoms with E-state index in [-0.39, 0.29) is 5.54 Å². The summed E-state index contributed by atoms with van der Waals surface area (Å²) in [7, 11) is 0. The van der Waals surface area contributed by atoms with Crippen molar-refractivity contribution in [2.45, 2.75) is 18.9 Å². The molecule has 0 saturated carbocycles. The van der Waals surface area contributed by atoms with Crippen molar-refractivity contribution in [3.05, 3.63) is 28.8 Å². The number of phenolic OH excluding ortho intramolecular Hbond substituents is 1. The van der Waals surface area contributed by atoms with Crippen LogP contribution in [0.2, 0.25) is 5.02 Å². The monoisotopic (exact) mass is 283 g/mol. The van der Waals surface area contributed by atoms with Gasteiger partial charge in [-0.25, -0.2) is 0 Å². The maximum atomic E-state index is 9.96. The largest absolute Gasteiger partial charge is 0.508 e. The van der Waals surface area contributed by atoms with Crippen molar-refractivity contribution in [1.82, 2.24) is 10.2 Å². The molecular weight excluding hydrogens is 262 g/mol. The number of nitrogens with two attached hydrogens (primary N) is 1. The SMILES string of the molecule is CC(CN)(Cc1cc(Cl)ccc1O)N1CCNCC1. The molecule has 0 spiro atoms. The summed E-state index contributed by atoms with van der Waals surface area (Å²) in [5.74, 6) is 0.291. The fourth-order valence-electron chi connectivity index (χ4n) is 2.62. The Balaban J connectivity index is 2.19. The summed E-state index contributed by atoms with van der Waals surface area (Å²) in [6.45, 7) is 6.63. The second-order valence-electron chi connectivity index (χ2n) is 5.39. The second kappa shape index (κ2) is 6.09. The fourth-order valence-corrected chi connectivity index (χ4v) is 2.82. The van der Waals surface area contributed by atoms with Crippen LogP contribution in [-0.2, 0) is 6.42 Å². The third-order valence-corrected chi connectivity index (χ3v) is 4.17. The van der Waals surface area contributed by atoms with Crippen molar-refractivity contribution in [1.29, 1.82) is 0 Å². The molecule has 1 aromatic carbocycles. The van der Waals surface area contributed by atoms with Gasteiger partial charge in [0.1, 0.15) is 5.75 Å². The zero-order valence-corrected chi connectivity index (χ0v) is 12.1. The number of halogens is 1. The van der Waals surface area contributed by atoms with Crippen molar-refractivity contribution < 1.29 is 5.11 Å². The van der Waals surface area contributed by atoms with Crippen LogP contribution in [0.3, 0.4) is 0 Å². The zero-order valence-electron chi connectivity index (χ0n) is 11.3. The Kier molecular flexibility index (Phi) is 4.68. The lowest BCUT2D eigenvalue weighted by molar-refractivity contribution is 0.0940. The minimum absolute atomic E-state index is 0.149. The number of benzene rings is 1. The summed E-state index contributed by atoms with van der Waals surface area (Å²) in [4.78, 5) is 2.39. The van der Waals surface area contributed by atoms with E-state index in [9.17, 15) is 5.11 Å². The van der Waals surface area contributed by atoms with Gasteiger partial charge in [0, 0.05) is 43.3 Å². The molecule has 4 N–H and O–H groups in total. The van der Waals surface area contributed by atoms with Gasteiger partial charge < -0.3 is 16.2 Å². The van der Waals surface area contributed by atoms with Crippen LogP contribution in [0.1, 0.15) is 12.5 Å². The molecule has 5 heteroatoms. The summed E-state index contributed by atoms with van der Waals surface area (Å²) < 4.78 is 0. The maximum absolute atomic E-state index is 9.96. The minimum Gasteiger partial charge on any atom is -0.508 e. The number of hydrogen-bond acceptors (Lipinski definition) is 4. The number of nitrogens with one attached hydrogen (secondary N) is 1. The summed E-state index contributed by atoms with van der Waals surface area (Å²) in [5, 5.41) is 13.9. The van der Waals surface area contributed by atoms with E-state index in [1.54, 1.807) is 12.1 Å². The predicted octanol–water partition coefficient (Wildman–Crippen LogP) is 1.21. The molecule has 1 fully saturated rings. The number of rotatable bonds is 4. The van der Waals surface area contributed by atoms with Gasteiger partial charge in [0.2, 0.25) is 0 Å². The normalized spacial score (nSPS) is 20.2. The Bertz CT molecular complexity index is 435. The Morgan fingerprint density at radius 3 is 2.74 bits per heavy atom. The molecule has 0 bridgehead atoms. The van der Waals surface area contributed by atoms with Crippen LogP contribution in [0.4, 0.5) is 0 Å². The zero-order chi connectivity index (χ0) is 13.9. The van der Waals surface area contributed by atoms with Crippen molar-refractivity contribution in [3.63, 3.8) is 0 Å². The van der Waals surface area contributed by atoms with E-state index < -0.39 is 0 Å². The van der Waals surface area contributed by atoms with Gasteiger partial charge in [0.05, 0.1) is 0 Å². The van der Waals surface area contributed by atoms with Crippen LogP contribution in [-0.4, -0.2) is 48.3 Å². The average Bonchev–Trinajstić information content (AvgIpc) is 2.44. The van der Waals surface area contributed by atoms with Crippen LogP contribution < -0.4 is 11.1 Å². The lowest BCUT2D eigenvalue weighted by Crippen LogP contribution is -2.59. The second-order valence-corrected chi connectivity index (χ2v) is 5.82. The van der Waals surface area contributed by atoms with Gasteiger partial charge in [-0.15, -0.1) is 0 Å². The molecule has 1 atom stereocenters. The number of hydrogen-bond donors (Lipinski definition) is 3. The van der Waals surface area contributed by atoms with E-state index in [0.717, 1.165) is 31.7 Å². The van der Waals surface area contributed by atoms with E-state index in [2.05, 4.69) is 17.1 Å². The summed E-state index contributed by atoms with van der Waals surface area (Å²) >= 11 is 6.01. The molecule has 1 unspecified atom stereocenters. The standard InChI is InChI=1S/C14H22ClN3O/c1-14(10-16,18-6-4-17-5-7-18)9-11-8-12(15)2-3-13(11)19/h2-3,8,17,19H,4-7,9-10,16H2,1H3. The third-order valence-electron chi connectivity index (χ3n) is 3.93. The highest BCUT2D eigenvalue weighted by Gasteiger charge is 2.32. The minimum atomic E-state index is -0.149. The van der Waals surface area contributed by atoms with E-state index >= 15 is 0 Å². The van der Waals surface area contributed by atoms with E-state index in [1.165, 1.54) is 0 Å². The maximum Gasteiger partial charge on any atom is 0.118 e. The van der Waals surface area contributed by atoms with E-state index in [0.29, 0.717) is 23.7 Å². The smallest absolute Gasteiger partial charge is 0.118 e. The summed E-state index contributed by atoms with van der Waals surface area (Å²) in [5.41, 5.74) is 6.71. The van der Waals surface area contributed by atoms with E-state index in [4.69, 9.17) is 17.3 Å². The van der Waals surface area contributed by atoms with Crippen molar-refractivity contribution in [2.75, 3.05) is 32.7 Å². The molecule has 1 aliphatic heterocycles. The van der Waals surface area contributed by atoms with Gasteiger partial charge in [-0.05, 0) is 37.1 Å². The van der Waals surface area contributed by atoms with Crippen LogP contribution in [0.15, 0.2) is 18.2 Å². The lowest BCUT2D eigenvalue weighted by Gasteiger charge is -2.43. The topological polar surface area (TPSA) is 61.5 Å². The molecule has 1 saturated heterocycles. The van der Waals surface area contributed by atoms with Crippen molar-refractivity contribution >= 4 is 11.6 Å². The molecule has 1 aliphatic rings. The molecule has 1 heterocycles. The van der Waals surface area contributed by atoms with Crippen molar-refractivity contribution in [3.8, 4) is 5.75 Å². The highest BCUT2D eigenvalue weighted by atomic mass is 35.5. The Labute approximate surface area is 119 Å². The Morgan fingerprint density at radius 1 is 1.42 bits per heavy atom. The number of phenols is 1. The van der Waals surface area contributed by atoms with Gasteiger partial charge in [0.25, 0.3) is 0 Å². The van der Waals surface area contributed by atoms with Gasteiger partial charge in [-0.3, -0.25) is 4.90 Å². The molecule has 2 rings (SSSR count). The molecule has 0 amide bonds. The Hall–Kier alpha value is -0.810. The first-order chi connectivity index (χ1) is 9.05. The van der Waals surface area contributed by atoms with Crippen LogP contribution in [0.5, 0.6) is 5.75 Å². The van der Waals surface area contributed by atoms with Crippen LogP contribution in [0, 0.1) is 0 Å². The first-order valence-electron chi connectivity index (χ1n) is 6.68. The van der Waals surface area contributed by atoms with Crippen LogP contribution >= 0.6 is 11.6 Å². The molecule has 1 aromatic rings. The third kappa shape index (κ3) is 3.39. The number of piperazine rings is 1. The highest BCUT2D eigenvalue weighted by Crippen LogP contribution is 2.28. The van der Waals surface area contributed by atoms with Crippen molar-refractivity contribution in [2.24, 2.45) is 5.73 Å². The number of nitrogens with zero attached hydrogens (tertiary/aromatic N) is 1. The van der Waals surface area contributed by atoms with Gasteiger partial charge in [-0.2, -0.15) is 0 Å². The molecule has 0 radical (unpaired) electrons. The Morgan fingerprint density at radius 2 is 2.11 bits per heavy atom. The lowest BCUT2D eigenvalue weighted by atomic mass is 9.90. The molecule has 106 valence electrons. The molecule has 0 aromatic heterocycles.